The zero-order valence-electron chi connectivity index (χ0n) is 10.6. The predicted octanol–water partition coefficient (Wildman–Crippen LogP) is 1.07. The average Bonchev–Trinajstić information content (AvgIpc) is 2.37. The Morgan fingerprint density at radius 1 is 1.58 bits per heavy atom. The van der Waals surface area contributed by atoms with Crippen LogP contribution in [0.25, 0.3) is 0 Å². The van der Waals surface area contributed by atoms with Crippen molar-refractivity contribution in [1.29, 1.82) is 0 Å². The van der Waals surface area contributed by atoms with Gasteiger partial charge in [0.05, 0.1) is 16.7 Å². The van der Waals surface area contributed by atoms with Crippen molar-refractivity contribution in [2.75, 3.05) is 12.3 Å². The van der Waals surface area contributed by atoms with Crippen LogP contribution in [0, 0.1) is 10.1 Å². The molecule has 7 nitrogen and oxygen atoms in total. The minimum atomic E-state index is -0.647. The second-order valence-electron chi connectivity index (χ2n) is 4.11. The highest BCUT2D eigenvalue weighted by Crippen LogP contribution is 2.23. The molecule has 1 aromatic carbocycles. The second-order valence-corrected chi connectivity index (χ2v) is 4.11. The third kappa shape index (κ3) is 3.92. The van der Waals surface area contributed by atoms with Crippen molar-refractivity contribution in [2.45, 2.75) is 25.9 Å². The van der Waals surface area contributed by atoms with Crippen LogP contribution in [0.5, 0.6) is 0 Å². The van der Waals surface area contributed by atoms with E-state index in [1.165, 1.54) is 18.2 Å². The van der Waals surface area contributed by atoms with Crippen molar-refractivity contribution in [3.05, 3.63) is 33.9 Å². The molecule has 0 aromatic heterocycles. The van der Waals surface area contributed by atoms with Crippen LogP contribution in [0.1, 0.15) is 30.1 Å². The third-order valence-corrected chi connectivity index (χ3v) is 2.73. The van der Waals surface area contributed by atoms with E-state index in [0.717, 1.165) is 0 Å². The fourth-order valence-electron chi connectivity index (χ4n) is 1.60. The zero-order chi connectivity index (χ0) is 14.4. The van der Waals surface area contributed by atoms with Crippen LogP contribution in [0.15, 0.2) is 18.2 Å². The summed E-state index contributed by atoms with van der Waals surface area (Å²) in [5.41, 5.74) is 5.20. The molecule has 1 unspecified atom stereocenters. The maximum absolute atomic E-state index is 11.9. The van der Waals surface area contributed by atoms with Gasteiger partial charge in [-0.1, -0.05) is 13.0 Å². The molecule has 0 aliphatic carbocycles. The quantitative estimate of drug-likeness (QED) is 0.404. The summed E-state index contributed by atoms with van der Waals surface area (Å²) in [5.74, 6) is -0.604. The van der Waals surface area contributed by atoms with Crippen LogP contribution in [0.2, 0.25) is 0 Å². The maximum Gasteiger partial charge on any atom is 0.284 e. The Kier molecular flexibility index (Phi) is 5.25. The number of amides is 1. The van der Waals surface area contributed by atoms with Crippen LogP contribution in [0.4, 0.5) is 11.4 Å². The van der Waals surface area contributed by atoms with Gasteiger partial charge in [0, 0.05) is 12.6 Å². The molecular formula is C12H17N3O4. The van der Waals surface area contributed by atoms with Gasteiger partial charge >= 0.3 is 0 Å². The van der Waals surface area contributed by atoms with Gasteiger partial charge < -0.3 is 16.2 Å². The second kappa shape index (κ2) is 6.69. The number of hydrogen-bond donors (Lipinski definition) is 3. The number of rotatable bonds is 6. The molecule has 0 aliphatic rings. The van der Waals surface area contributed by atoms with Crippen LogP contribution < -0.4 is 11.1 Å². The van der Waals surface area contributed by atoms with Gasteiger partial charge in [-0.25, -0.2) is 0 Å². The number of nitrogens with one attached hydrogen (secondary N) is 1. The molecule has 0 aliphatic heterocycles. The number of anilines is 1. The molecule has 0 bridgehead atoms. The summed E-state index contributed by atoms with van der Waals surface area (Å²) in [6, 6.07) is 4.08. The Morgan fingerprint density at radius 3 is 2.84 bits per heavy atom. The summed E-state index contributed by atoms with van der Waals surface area (Å²) in [7, 11) is 0. The fraction of sp³-hybridized carbons (Fsp3) is 0.417. The lowest BCUT2D eigenvalue weighted by Gasteiger charge is -2.10. The molecule has 7 heteroatoms. The highest BCUT2D eigenvalue weighted by molar-refractivity contribution is 6.03. The van der Waals surface area contributed by atoms with Gasteiger partial charge in [0.25, 0.3) is 11.6 Å². The number of hydrogen-bond acceptors (Lipinski definition) is 5. The van der Waals surface area contributed by atoms with Crippen molar-refractivity contribution < 1.29 is 14.8 Å². The molecule has 104 valence electrons. The van der Waals surface area contributed by atoms with Gasteiger partial charge in [-0.3, -0.25) is 14.9 Å². The molecule has 0 radical (unpaired) electrons. The number of nitro benzene ring substituents is 1. The number of benzene rings is 1. The van der Waals surface area contributed by atoms with Crippen molar-refractivity contribution in [2.24, 2.45) is 0 Å². The number of nitrogens with zero attached hydrogens (tertiary/aromatic N) is 1. The molecule has 4 N–H and O–H groups in total. The van der Waals surface area contributed by atoms with Crippen LogP contribution in [0.3, 0.4) is 0 Å². The first-order chi connectivity index (χ1) is 8.97. The summed E-state index contributed by atoms with van der Waals surface area (Å²) in [5, 5.41) is 22.7. The Bertz CT molecular complexity index is 476. The van der Waals surface area contributed by atoms with Crippen molar-refractivity contribution in [1.82, 2.24) is 5.32 Å². The Balaban J connectivity index is 2.79. The highest BCUT2D eigenvalue weighted by Gasteiger charge is 2.22. The normalized spacial score (nSPS) is 11.9. The molecule has 0 spiro atoms. The molecule has 0 heterocycles. The first-order valence-electron chi connectivity index (χ1n) is 5.96. The van der Waals surface area contributed by atoms with Crippen LogP contribution >= 0.6 is 0 Å². The summed E-state index contributed by atoms with van der Waals surface area (Å²) < 4.78 is 0. The first-order valence-corrected chi connectivity index (χ1v) is 5.96. The minimum absolute atomic E-state index is 0.0581. The van der Waals surface area contributed by atoms with Crippen LogP contribution in [-0.4, -0.2) is 28.6 Å². The number of nitro groups is 1. The number of aliphatic hydroxyl groups excluding tert-OH is 1. The van der Waals surface area contributed by atoms with E-state index in [-0.39, 0.29) is 23.5 Å². The molecule has 0 fully saturated rings. The standard InChI is InChI=1S/C12H17N3O4/c1-2-8(16)6-7-14-12(17)11-9(13)4-3-5-10(11)15(18)19/h3-5,8,16H,2,6-7,13H2,1H3,(H,14,17). The monoisotopic (exact) mass is 267 g/mol. The van der Waals surface area contributed by atoms with Crippen molar-refractivity contribution in [3.8, 4) is 0 Å². The van der Waals surface area contributed by atoms with Gasteiger partial charge in [0.1, 0.15) is 5.56 Å². The number of nitrogens with two attached hydrogens (primary N) is 1. The van der Waals surface area contributed by atoms with Gasteiger partial charge in [-0.05, 0) is 18.9 Å². The number of nitrogen functional groups attached to an aromatic ring is 1. The lowest BCUT2D eigenvalue weighted by molar-refractivity contribution is -0.385. The molecule has 19 heavy (non-hydrogen) atoms. The number of aliphatic hydroxyl groups is 1. The maximum atomic E-state index is 11.9. The lowest BCUT2D eigenvalue weighted by atomic mass is 10.1. The summed E-state index contributed by atoms with van der Waals surface area (Å²) in [6.45, 7) is 2.06. The Hall–Kier alpha value is -2.15. The topological polar surface area (TPSA) is 118 Å². The molecular weight excluding hydrogens is 250 g/mol. The highest BCUT2D eigenvalue weighted by atomic mass is 16.6. The van der Waals surface area contributed by atoms with Crippen molar-refractivity contribution >= 4 is 17.3 Å². The van der Waals surface area contributed by atoms with Gasteiger partial charge in [-0.15, -0.1) is 0 Å². The molecule has 1 atom stereocenters. The molecule has 0 saturated carbocycles. The summed E-state index contributed by atoms with van der Waals surface area (Å²) >= 11 is 0. The van der Waals surface area contributed by atoms with Crippen molar-refractivity contribution in [3.63, 3.8) is 0 Å². The minimum Gasteiger partial charge on any atom is -0.398 e. The van der Waals surface area contributed by atoms with Gasteiger partial charge in [-0.2, -0.15) is 0 Å². The van der Waals surface area contributed by atoms with E-state index < -0.39 is 16.9 Å². The van der Waals surface area contributed by atoms with E-state index in [1.54, 1.807) is 0 Å². The largest absolute Gasteiger partial charge is 0.398 e. The zero-order valence-corrected chi connectivity index (χ0v) is 10.6. The van der Waals surface area contributed by atoms with E-state index in [4.69, 9.17) is 5.73 Å². The molecule has 1 amide bonds. The number of carbonyl (C=O) groups is 1. The third-order valence-electron chi connectivity index (χ3n) is 2.73. The smallest absolute Gasteiger partial charge is 0.284 e. The van der Waals surface area contributed by atoms with E-state index in [1.807, 2.05) is 6.92 Å². The molecule has 1 rings (SSSR count). The average molecular weight is 267 g/mol. The fourth-order valence-corrected chi connectivity index (χ4v) is 1.60. The SMILES string of the molecule is CCC(O)CCNC(=O)c1c(N)cccc1[N+](=O)[O-]. The van der Waals surface area contributed by atoms with E-state index in [2.05, 4.69) is 5.32 Å². The summed E-state index contributed by atoms with van der Waals surface area (Å²) in [6.07, 6.45) is 0.482. The van der Waals surface area contributed by atoms with Crippen LogP contribution in [-0.2, 0) is 0 Å². The van der Waals surface area contributed by atoms with E-state index in [9.17, 15) is 20.0 Å². The molecule has 0 saturated heterocycles. The Morgan fingerprint density at radius 2 is 2.26 bits per heavy atom. The first kappa shape index (κ1) is 14.9. The van der Waals surface area contributed by atoms with E-state index >= 15 is 0 Å². The van der Waals surface area contributed by atoms with E-state index in [0.29, 0.717) is 12.8 Å². The molecule has 1 aromatic rings. The Labute approximate surface area is 110 Å². The predicted molar refractivity (Wildman–Crippen MR) is 70.8 cm³/mol. The van der Waals surface area contributed by atoms with Gasteiger partial charge in [0.15, 0.2) is 0 Å². The lowest BCUT2D eigenvalue weighted by Crippen LogP contribution is -2.28. The van der Waals surface area contributed by atoms with Gasteiger partial charge in [0.2, 0.25) is 0 Å². The summed E-state index contributed by atoms with van der Waals surface area (Å²) in [4.78, 5) is 22.1. The number of carbonyl (C=O) groups excluding carboxylic acids is 1.